The first-order valence-corrected chi connectivity index (χ1v) is 11.3. The van der Waals surface area contributed by atoms with E-state index in [4.69, 9.17) is 0 Å². The fourth-order valence-electron chi connectivity index (χ4n) is 2.78. The molecule has 0 aliphatic rings. The first kappa shape index (κ1) is 23.5. The molecule has 0 fully saturated rings. The Morgan fingerprint density at radius 3 is 1.00 bits per heavy atom. The van der Waals surface area contributed by atoms with Gasteiger partial charge in [0, 0.05) is 0 Å². The van der Waals surface area contributed by atoms with Gasteiger partial charge in [0.25, 0.3) is 0 Å². The molecule has 0 radical (unpaired) electrons. The van der Waals surface area contributed by atoms with Crippen LogP contribution in [0.1, 0.15) is 97.8 Å². The fraction of sp³-hybridized carbons (Fsp3) is 1.00. The van der Waals surface area contributed by atoms with Crippen LogP contribution in [-0.2, 0) is 0 Å². The van der Waals surface area contributed by atoms with Crippen LogP contribution in [0.2, 0.25) is 18.1 Å². The molecule has 0 aromatic heterocycles. The molecule has 0 aromatic carbocycles. The van der Waals surface area contributed by atoms with Crippen LogP contribution in [0.3, 0.4) is 0 Å². The average molecular weight is 307 g/mol. The molecule has 20 heavy (non-hydrogen) atoms. The van der Waals surface area contributed by atoms with Crippen LogP contribution in [-0.4, -0.2) is 8.80 Å². The molecule has 0 spiro atoms. The van der Waals surface area contributed by atoms with Crippen molar-refractivity contribution in [2.45, 2.75) is 116 Å². The van der Waals surface area contributed by atoms with E-state index in [-0.39, 0.29) is 38.4 Å². The van der Waals surface area contributed by atoms with Gasteiger partial charge in [0.05, 0.1) is 0 Å². The van der Waals surface area contributed by atoms with Gasteiger partial charge in [-0.15, -0.1) is 0 Å². The molecule has 0 aromatic rings. The molecular formula is C18H39NaSi. The minimum atomic E-state index is 0. The van der Waals surface area contributed by atoms with Crippen molar-refractivity contribution in [3.8, 4) is 0 Å². The first-order valence-electron chi connectivity index (χ1n) is 9.18. The Morgan fingerprint density at radius 1 is 0.450 bits per heavy atom. The molecule has 0 saturated carbocycles. The van der Waals surface area contributed by atoms with Gasteiger partial charge < -0.3 is 0 Å². The van der Waals surface area contributed by atoms with Crippen molar-refractivity contribution in [3.05, 3.63) is 0 Å². The molecule has 0 nitrogen and oxygen atoms in total. The van der Waals surface area contributed by atoms with Gasteiger partial charge in [-0.1, -0.05) is 97.8 Å². The summed E-state index contributed by atoms with van der Waals surface area (Å²) < 4.78 is 0. The summed E-state index contributed by atoms with van der Waals surface area (Å²) in [6.07, 6.45) is 17.6. The maximum Gasteiger partial charge on any atom is 1.00 e. The van der Waals surface area contributed by atoms with Crippen molar-refractivity contribution in [3.63, 3.8) is 0 Å². The second-order valence-electron chi connectivity index (χ2n) is 6.18. The molecular weight excluding hydrogens is 267 g/mol. The molecule has 0 heterocycles. The summed E-state index contributed by atoms with van der Waals surface area (Å²) >= 11 is 0. The summed E-state index contributed by atoms with van der Waals surface area (Å²) in [5.41, 5.74) is 0. The second-order valence-corrected chi connectivity index (χ2v) is 9.18. The van der Waals surface area contributed by atoms with Crippen molar-refractivity contribution in [1.29, 1.82) is 0 Å². The smallest absolute Gasteiger partial charge is 0.260 e. The van der Waals surface area contributed by atoms with Crippen LogP contribution in [0.4, 0.5) is 0 Å². The van der Waals surface area contributed by atoms with Crippen molar-refractivity contribution >= 4 is 8.80 Å². The van der Waals surface area contributed by atoms with Gasteiger partial charge in [0.1, 0.15) is 0 Å². The summed E-state index contributed by atoms with van der Waals surface area (Å²) in [5.74, 6) is 0. The summed E-state index contributed by atoms with van der Waals surface area (Å²) in [5, 5.41) is 0. The second kappa shape index (κ2) is 20.2. The SMILES string of the molecule is CCCCCC[Si-](CCCCCC)CCCCCC.[Na+]. The third-order valence-corrected chi connectivity index (χ3v) is 7.33. The Bertz CT molecular complexity index is 133. The van der Waals surface area contributed by atoms with E-state index >= 15 is 0 Å². The number of hydrogen-bond donors (Lipinski definition) is 0. The molecule has 0 aliphatic heterocycles. The Balaban J connectivity index is 0. The van der Waals surface area contributed by atoms with Crippen LogP contribution < -0.4 is 29.6 Å². The normalized spacial score (nSPS) is 10.8. The average Bonchev–Trinajstić information content (AvgIpc) is 2.43. The van der Waals surface area contributed by atoms with E-state index in [1.54, 1.807) is 18.1 Å². The molecule has 0 unspecified atom stereocenters. The summed E-state index contributed by atoms with van der Waals surface area (Å²) in [6.45, 7) is 6.96. The maximum atomic E-state index is 2.32. The van der Waals surface area contributed by atoms with Crippen molar-refractivity contribution in [2.75, 3.05) is 0 Å². The molecule has 0 atom stereocenters. The largest absolute Gasteiger partial charge is 1.00 e. The minimum Gasteiger partial charge on any atom is -0.260 e. The van der Waals surface area contributed by atoms with E-state index in [9.17, 15) is 0 Å². The van der Waals surface area contributed by atoms with Gasteiger partial charge in [-0.25, -0.2) is 0 Å². The Hall–Kier alpha value is 1.22. The Morgan fingerprint density at radius 2 is 0.750 bits per heavy atom. The van der Waals surface area contributed by atoms with Gasteiger partial charge in [0.2, 0.25) is 0 Å². The topological polar surface area (TPSA) is 0 Å². The number of hydrogen-bond acceptors (Lipinski definition) is 0. The van der Waals surface area contributed by atoms with E-state index in [2.05, 4.69) is 20.8 Å². The third-order valence-electron chi connectivity index (χ3n) is 4.15. The molecule has 0 N–H and O–H groups in total. The monoisotopic (exact) mass is 306 g/mol. The zero-order valence-corrected chi connectivity index (χ0v) is 18.1. The van der Waals surface area contributed by atoms with Gasteiger partial charge in [-0.2, -0.15) is 18.1 Å². The molecule has 2 heteroatoms. The molecule has 0 bridgehead atoms. The van der Waals surface area contributed by atoms with Gasteiger partial charge >= 0.3 is 29.6 Å². The van der Waals surface area contributed by atoms with Gasteiger partial charge in [-0.3, -0.25) is 8.80 Å². The third kappa shape index (κ3) is 17.3. The van der Waals surface area contributed by atoms with Gasteiger partial charge in [0.15, 0.2) is 0 Å². The molecule has 0 rings (SSSR count). The predicted molar refractivity (Wildman–Crippen MR) is 92.6 cm³/mol. The van der Waals surface area contributed by atoms with Gasteiger partial charge in [-0.05, 0) is 0 Å². The zero-order valence-electron chi connectivity index (χ0n) is 15.1. The maximum absolute atomic E-state index is 2.32. The van der Waals surface area contributed by atoms with Crippen LogP contribution in [0.5, 0.6) is 0 Å². The molecule has 0 amide bonds. The van der Waals surface area contributed by atoms with Crippen molar-refractivity contribution < 1.29 is 29.6 Å². The van der Waals surface area contributed by atoms with Crippen molar-refractivity contribution in [1.82, 2.24) is 0 Å². The quantitative estimate of drug-likeness (QED) is 0.314. The first-order chi connectivity index (χ1) is 9.35. The summed E-state index contributed by atoms with van der Waals surface area (Å²) in [4.78, 5) is 0. The summed E-state index contributed by atoms with van der Waals surface area (Å²) in [7, 11) is 0.0139. The zero-order chi connectivity index (χ0) is 14.2. The Labute approximate surface area is 153 Å². The Kier molecular flexibility index (Phi) is 23.7. The predicted octanol–water partition coefficient (Wildman–Crippen LogP) is 4.23. The van der Waals surface area contributed by atoms with Crippen molar-refractivity contribution in [2.24, 2.45) is 0 Å². The van der Waals surface area contributed by atoms with E-state index < -0.39 is 0 Å². The van der Waals surface area contributed by atoms with Crippen LogP contribution in [0, 0.1) is 0 Å². The van der Waals surface area contributed by atoms with Crippen LogP contribution in [0.15, 0.2) is 0 Å². The van der Waals surface area contributed by atoms with E-state index in [0.717, 1.165) is 0 Å². The van der Waals surface area contributed by atoms with Crippen LogP contribution >= 0.6 is 0 Å². The number of rotatable bonds is 15. The molecule has 0 aliphatic carbocycles. The fourth-order valence-corrected chi connectivity index (χ4v) is 5.78. The van der Waals surface area contributed by atoms with E-state index in [1.165, 1.54) is 77.0 Å². The summed E-state index contributed by atoms with van der Waals surface area (Å²) in [6, 6.07) is 4.84. The molecule has 116 valence electrons. The van der Waals surface area contributed by atoms with Crippen LogP contribution in [0.25, 0.3) is 0 Å². The number of unbranched alkanes of at least 4 members (excludes halogenated alkanes) is 9. The standard InChI is InChI=1S/C18H39Si.Na/c1-4-7-10-13-16-19(17-14-11-8-5-2)18-15-12-9-6-3;/h4-18H2,1-3H3;/q-1;+1. The van der Waals surface area contributed by atoms with E-state index in [1.807, 2.05) is 0 Å². The minimum absolute atomic E-state index is 0. The molecule has 0 saturated heterocycles. The van der Waals surface area contributed by atoms with E-state index in [0.29, 0.717) is 0 Å².